The first-order valence-electron chi connectivity index (χ1n) is 7.59. The van der Waals surface area contributed by atoms with Crippen LogP contribution in [0, 0.1) is 0 Å². The van der Waals surface area contributed by atoms with Crippen molar-refractivity contribution in [3.05, 3.63) is 40.9 Å². The molecule has 0 atom stereocenters. The molecule has 2 aromatic rings. The molecule has 1 heterocycles. The number of carbonyl (C=O) groups excluding carboxylic acids is 1. The number of hydrogen-bond donors (Lipinski definition) is 0. The smallest absolute Gasteiger partial charge is 0.387 e. The van der Waals surface area contributed by atoms with Crippen LogP contribution in [0.25, 0.3) is 11.5 Å². The summed E-state index contributed by atoms with van der Waals surface area (Å²) in [4.78, 5) is 26.0. The van der Waals surface area contributed by atoms with Crippen molar-refractivity contribution in [1.82, 2.24) is 14.7 Å². The summed E-state index contributed by atoms with van der Waals surface area (Å²) in [5.41, 5.74) is 0.673. The highest BCUT2D eigenvalue weighted by Crippen LogP contribution is 2.22. The van der Waals surface area contributed by atoms with E-state index < -0.39 is 11.8 Å². The maximum atomic E-state index is 12.5. The van der Waals surface area contributed by atoms with E-state index in [1.165, 1.54) is 6.42 Å². The molecule has 1 aliphatic rings. The molecule has 3 rings (SSSR count). The van der Waals surface area contributed by atoms with Crippen molar-refractivity contribution in [2.75, 3.05) is 7.05 Å². The van der Waals surface area contributed by atoms with Gasteiger partial charge in [-0.1, -0.05) is 37.5 Å². The van der Waals surface area contributed by atoms with E-state index in [4.69, 9.17) is 4.42 Å². The van der Waals surface area contributed by atoms with E-state index in [0.29, 0.717) is 5.56 Å². The Labute approximate surface area is 128 Å². The van der Waals surface area contributed by atoms with Crippen molar-refractivity contribution in [3.8, 4) is 11.5 Å². The van der Waals surface area contributed by atoms with Crippen LogP contribution in [0.5, 0.6) is 0 Å². The Morgan fingerprint density at radius 2 is 1.91 bits per heavy atom. The van der Waals surface area contributed by atoms with Crippen LogP contribution in [0.2, 0.25) is 0 Å². The third-order valence-corrected chi connectivity index (χ3v) is 4.17. The van der Waals surface area contributed by atoms with Crippen LogP contribution in [0.4, 0.5) is 4.79 Å². The van der Waals surface area contributed by atoms with Crippen molar-refractivity contribution in [2.45, 2.75) is 38.1 Å². The summed E-state index contributed by atoms with van der Waals surface area (Å²) >= 11 is 0. The minimum Gasteiger partial charge on any atom is -0.387 e. The monoisotopic (exact) mass is 301 g/mol. The summed E-state index contributed by atoms with van der Waals surface area (Å²) in [6, 6.07) is 8.82. The molecule has 6 nitrogen and oxygen atoms in total. The second-order valence-electron chi connectivity index (χ2n) is 5.64. The average Bonchev–Trinajstić information content (AvgIpc) is 2.97. The Balaban J connectivity index is 1.84. The topological polar surface area (TPSA) is 68.3 Å². The van der Waals surface area contributed by atoms with Crippen molar-refractivity contribution in [3.63, 3.8) is 0 Å². The summed E-state index contributed by atoms with van der Waals surface area (Å²) in [6.07, 6.45) is 5.39. The first-order chi connectivity index (χ1) is 10.7. The number of benzene rings is 1. The number of rotatable bonds is 2. The van der Waals surface area contributed by atoms with Gasteiger partial charge in [0, 0.05) is 18.7 Å². The Bertz CT molecular complexity index is 699. The zero-order chi connectivity index (χ0) is 15.5. The number of hydrogen-bond acceptors (Lipinski definition) is 4. The third kappa shape index (κ3) is 2.81. The van der Waals surface area contributed by atoms with Gasteiger partial charge in [-0.05, 0) is 25.0 Å². The highest BCUT2D eigenvalue weighted by atomic mass is 16.4. The van der Waals surface area contributed by atoms with Gasteiger partial charge in [-0.25, -0.2) is 9.59 Å². The van der Waals surface area contributed by atoms with Gasteiger partial charge in [0.25, 0.3) is 0 Å². The zero-order valence-corrected chi connectivity index (χ0v) is 12.6. The van der Waals surface area contributed by atoms with Crippen LogP contribution >= 0.6 is 0 Å². The lowest BCUT2D eigenvalue weighted by atomic mass is 9.95. The maximum absolute atomic E-state index is 12.5. The lowest BCUT2D eigenvalue weighted by molar-refractivity contribution is 0.170. The first-order valence-corrected chi connectivity index (χ1v) is 7.59. The molecule has 0 aliphatic heterocycles. The van der Waals surface area contributed by atoms with Gasteiger partial charge in [-0.2, -0.15) is 0 Å². The van der Waals surface area contributed by atoms with E-state index in [1.54, 1.807) is 24.1 Å². The number of aromatic nitrogens is 2. The van der Waals surface area contributed by atoms with Gasteiger partial charge in [0.15, 0.2) is 0 Å². The Hall–Kier alpha value is -2.37. The predicted molar refractivity (Wildman–Crippen MR) is 81.6 cm³/mol. The van der Waals surface area contributed by atoms with Gasteiger partial charge in [-0.3, -0.25) is 0 Å². The molecule has 1 fully saturated rings. The summed E-state index contributed by atoms with van der Waals surface area (Å²) < 4.78 is 5.92. The average molecular weight is 301 g/mol. The fraction of sp³-hybridized carbons (Fsp3) is 0.438. The van der Waals surface area contributed by atoms with Crippen LogP contribution in [0.3, 0.4) is 0 Å². The molecule has 6 heteroatoms. The van der Waals surface area contributed by atoms with Crippen molar-refractivity contribution >= 4 is 6.03 Å². The van der Waals surface area contributed by atoms with Crippen LogP contribution < -0.4 is 5.76 Å². The van der Waals surface area contributed by atoms with Crippen molar-refractivity contribution < 1.29 is 9.21 Å². The first kappa shape index (κ1) is 14.6. The quantitative estimate of drug-likeness (QED) is 0.855. The molecule has 0 bridgehead atoms. The highest BCUT2D eigenvalue weighted by molar-refractivity contribution is 5.76. The second kappa shape index (κ2) is 6.17. The Kier molecular flexibility index (Phi) is 4.09. The molecule has 0 spiro atoms. The highest BCUT2D eigenvalue weighted by Gasteiger charge is 2.26. The molecule has 22 heavy (non-hydrogen) atoms. The lowest BCUT2D eigenvalue weighted by Gasteiger charge is -2.30. The fourth-order valence-corrected chi connectivity index (χ4v) is 2.87. The summed E-state index contributed by atoms with van der Waals surface area (Å²) in [5.74, 6) is -0.581. The molecular weight excluding hydrogens is 282 g/mol. The minimum atomic E-state index is -0.744. The Morgan fingerprint density at radius 1 is 1.23 bits per heavy atom. The van der Waals surface area contributed by atoms with E-state index in [-0.39, 0.29) is 11.9 Å². The molecule has 1 amide bonds. The molecular formula is C16H19N3O3. The molecule has 0 unspecified atom stereocenters. The Morgan fingerprint density at radius 3 is 2.59 bits per heavy atom. The molecule has 1 saturated carbocycles. The van der Waals surface area contributed by atoms with Gasteiger partial charge in [0.1, 0.15) is 0 Å². The summed E-state index contributed by atoms with van der Waals surface area (Å²) in [6.45, 7) is 0. The standard InChI is InChI=1S/C16H19N3O3/c1-18(13-10-6-3-7-11-13)15(20)19-16(21)22-14(17-19)12-8-4-2-5-9-12/h2,4-5,8-9,13H,3,6-7,10-11H2,1H3. The number of carbonyl (C=O) groups is 1. The van der Waals surface area contributed by atoms with E-state index in [9.17, 15) is 9.59 Å². The van der Waals surface area contributed by atoms with E-state index in [2.05, 4.69) is 5.10 Å². The summed E-state index contributed by atoms with van der Waals surface area (Å²) in [5, 5.41) is 4.04. The molecule has 1 aromatic carbocycles. The van der Waals surface area contributed by atoms with Gasteiger partial charge >= 0.3 is 11.8 Å². The SMILES string of the molecule is CN(C(=O)n1nc(-c2ccccc2)oc1=O)C1CCCCC1. The molecule has 0 N–H and O–H groups in total. The predicted octanol–water partition coefficient (Wildman–Crippen LogP) is 2.74. The third-order valence-electron chi connectivity index (χ3n) is 4.17. The van der Waals surface area contributed by atoms with Crippen LogP contribution in [-0.2, 0) is 0 Å². The minimum absolute atomic E-state index is 0.163. The number of nitrogens with zero attached hydrogens (tertiary/aromatic N) is 3. The van der Waals surface area contributed by atoms with Crippen LogP contribution in [0.15, 0.2) is 39.5 Å². The fourth-order valence-electron chi connectivity index (χ4n) is 2.87. The van der Waals surface area contributed by atoms with E-state index >= 15 is 0 Å². The van der Waals surface area contributed by atoms with Gasteiger partial charge in [0.05, 0.1) is 0 Å². The molecule has 1 aliphatic carbocycles. The maximum Gasteiger partial charge on any atom is 0.446 e. The zero-order valence-electron chi connectivity index (χ0n) is 12.6. The molecule has 0 saturated heterocycles. The van der Waals surface area contributed by atoms with E-state index in [0.717, 1.165) is 30.4 Å². The lowest BCUT2D eigenvalue weighted by Crippen LogP contribution is -2.43. The second-order valence-corrected chi connectivity index (χ2v) is 5.64. The van der Waals surface area contributed by atoms with Gasteiger partial charge in [0.2, 0.25) is 5.89 Å². The molecule has 1 aromatic heterocycles. The normalized spacial score (nSPS) is 15.7. The van der Waals surface area contributed by atoms with Crippen molar-refractivity contribution in [2.24, 2.45) is 0 Å². The number of amides is 1. The molecule has 116 valence electrons. The van der Waals surface area contributed by atoms with E-state index in [1.807, 2.05) is 18.2 Å². The van der Waals surface area contributed by atoms with Crippen LogP contribution in [-0.4, -0.2) is 33.8 Å². The molecule has 0 radical (unpaired) electrons. The van der Waals surface area contributed by atoms with Gasteiger partial charge < -0.3 is 9.32 Å². The van der Waals surface area contributed by atoms with Crippen LogP contribution in [0.1, 0.15) is 32.1 Å². The largest absolute Gasteiger partial charge is 0.446 e. The summed E-state index contributed by atoms with van der Waals surface area (Å²) in [7, 11) is 1.72. The van der Waals surface area contributed by atoms with Crippen molar-refractivity contribution in [1.29, 1.82) is 0 Å². The van der Waals surface area contributed by atoms with Gasteiger partial charge in [-0.15, -0.1) is 9.78 Å².